The van der Waals surface area contributed by atoms with Crippen LogP contribution in [-0.2, 0) is 27.7 Å². The fourth-order valence-corrected chi connectivity index (χ4v) is 8.12. The Balaban J connectivity index is 1.41. The molecule has 6 atom stereocenters. The van der Waals surface area contributed by atoms with Crippen LogP contribution in [0.5, 0.6) is 0 Å². The number of nitrogens with two attached hydrogens (primary N) is 2. The van der Waals surface area contributed by atoms with Gasteiger partial charge in [0.25, 0.3) is 7.52 Å². The quantitative estimate of drug-likeness (QED) is 0.252. The second-order valence-electron chi connectivity index (χ2n) is 12.5. The van der Waals surface area contributed by atoms with E-state index >= 15 is 0 Å². The van der Waals surface area contributed by atoms with Crippen molar-refractivity contribution in [2.24, 2.45) is 0 Å². The van der Waals surface area contributed by atoms with Gasteiger partial charge in [-0.15, -0.1) is 0 Å². The summed E-state index contributed by atoms with van der Waals surface area (Å²) >= 11 is 0. The summed E-state index contributed by atoms with van der Waals surface area (Å²) in [5, 5.41) is 0. The van der Waals surface area contributed by atoms with Crippen LogP contribution in [0.1, 0.15) is 26.3 Å². The first-order chi connectivity index (χ1) is 22.6. The van der Waals surface area contributed by atoms with E-state index in [1.807, 2.05) is 0 Å². The van der Waals surface area contributed by atoms with Crippen LogP contribution in [0.3, 0.4) is 0 Å². The van der Waals surface area contributed by atoms with Gasteiger partial charge < -0.3 is 30.0 Å². The predicted molar refractivity (Wildman–Crippen MR) is 179 cm³/mol. The Hall–Kier alpha value is -2.83. The summed E-state index contributed by atoms with van der Waals surface area (Å²) < 4.78 is 60.7. The second-order valence-corrected chi connectivity index (χ2v) is 17.8. The molecule has 2 saturated heterocycles. The third-order valence-corrected chi connectivity index (χ3v) is 13.0. The highest BCUT2D eigenvalue weighted by molar-refractivity contribution is 7.55. The predicted octanol–water partition coefficient (Wildman–Crippen LogP) is 1.14. The first kappa shape index (κ1) is 36.5. The van der Waals surface area contributed by atoms with Crippen molar-refractivity contribution in [1.82, 2.24) is 48.0 Å². The molecule has 0 spiro atoms. The number of morpholine rings is 2. The van der Waals surface area contributed by atoms with Gasteiger partial charge in [-0.2, -0.15) is 4.98 Å². The van der Waals surface area contributed by atoms with Gasteiger partial charge in [-0.05, 0) is 48.1 Å². The van der Waals surface area contributed by atoms with Crippen molar-refractivity contribution in [3.63, 3.8) is 0 Å². The molecule has 5 rings (SSSR count). The van der Waals surface area contributed by atoms with Gasteiger partial charge in [-0.25, -0.2) is 33.8 Å². The number of fused-ring (bicyclic) bond motifs is 1. The van der Waals surface area contributed by atoms with Gasteiger partial charge in [-0.1, -0.05) is 0 Å². The molecule has 0 amide bonds. The van der Waals surface area contributed by atoms with Crippen molar-refractivity contribution < 1.29 is 27.7 Å². The normalized spacial score (nSPS) is 25.5. The lowest BCUT2D eigenvalue weighted by Gasteiger charge is -2.44. The van der Waals surface area contributed by atoms with Crippen molar-refractivity contribution in [3.8, 4) is 0 Å². The number of rotatable bonds is 12. The van der Waals surface area contributed by atoms with E-state index in [0.29, 0.717) is 24.3 Å². The van der Waals surface area contributed by atoms with Crippen molar-refractivity contribution in [1.29, 1.82) is 0 Å². The van der Waals surface area contributed by atoms with Gasteiger partial charge in [-0.3, -0.25) is 23.2 Å². The molecular weight excluding hydrogens is 666 g/mol. The maximum Gasteiger partial charge on any atom is 0.351 e. The lowest BCUT2D eigenvalue weighted by Crippen LogP contribution is -2.52. The number of hydrogen-bond donors (Lipinski definition) is 2. The van der Waals surface area contributed by atoms with E-state index < -0.39 is 45.5 Å². The standard InChI is InChI=1S/C27H46N12O7P2/c1-18(2)36-10-19(45-22(12-36)38-9-8-21(28)33-27(38)40)15-44-48(42,35(5)6)37-11-20(14-43-47(7,41)34(3)4)46-23(13-37)39-17-32-24-25(29)30-16-31-26(24)39/h8-9,16-20,22-23H,10-15H2,1-7H3,(H2,28,33,40)(H2,29,30,31)/t19-,20-,22+,23+,47?,48?/m0/s1. The highest BCUT2D eigenvalue weighted by Gasteiger charge is 2.44. The molecule has 3 aromatic rings. The Morgan fingerprint density at radius 3 is 2.25 bits per heavy atom. The van der Waals surface area contributed by atoms with E-state index in [1.165, 1.54) is 28.6 Å². The van der Waals surface area contributed by atoms with Gasteiger partial charge in [0.1, 0.15) is 23.9 Å². The van der Waals surface area contributed by atoms with E-state index in [9.17, 15) is 13.9 Å². The third kappa shape index (κ3) is 7.81. The zero-order valence-corrected chi connectivity index (χ0v) is 30.1. The summed E-state index contributed by atoms with van der Waals surface area (Å²) in [5.74, 6) is 0.333. The SMILES string of the molecule is CC(C)N1C[C@@H](COP(=O)(N(C)C)N2C[C@@H](COP(C)(=O)N(C)C)O[C@@H](n3cnc4c(N)ncnc43)C2)O[C@@H](n2ccc(N)nc2=O)C1. The number of aromatic nitrogens is 6. The van der Waals surface area contributed by atoms with E-state index in [0.717, 1.165) is 0 Å². The largest absolute Gasteiger partial charge is 0.383 e. The van der Waals surface area contributed by atoms with Gasteiger partial charge >= 0.3 is 13.4 Å². The molecule has 3 aromatic heterocycles. The molecule has 2 aliphatic heterocycles. The fourth-order valence-electron chi connectivity index (χ4n) is 5.46. The highest BCUT2D eigenvalue weighted by Crippen LogP contribution is 2.55. The van der Waals surface area contributed by atoms with Crippen LogP contribution in [0.15, 0.2) is 29.7 Å². The average molecular weight is 713 g/mol. The lowest BCUT2D eigenvalue weighted by atomic mass is 10.2. The second kappa shape index (κ2) is 14.6. The molecule has 2 unspecified atom stereocenters. The molecule has 0 radical (unpaired) electrons. The number of nitrogen functional groups attached to an aromatic ring is 2. The van der Waals surface area contributed by atoms with Crippen LogP contribution in [0.2, 0.25) is 0 Å². The van der Waals surface area contributed by atoms with Crippen molar-refractivity contribution in [2.45, 2.75) is 44.6 Å². The van der Waals surface area contributed by atoms with Gasteiger partial charge in [0.2, 0.25) is 0 Å². The van der Waals surface area contributed by atoms with Gasteiger partial charge in [0.15, 0.2) is 17.7 Å². The van der Waals surface area contributed by atoms with Crippen LogP contribution in [0.25, 0.3) is 11.2 Å². The number of imidazole rings is 1. The molecule has 21 heteroatoms. The first-order valence-electron chi connectivity index (χ1n) is 15.5. The third-order valence-electron chi connectivity index (χ3n) is 8.42. The number of nitrogens with zero attached hydrogens (tertiary/aromatic N) is 10. The molecular formula is C27H46N12O7P2. The lowest BCUT2D eigenvalue weighted by molar-refractivity contribution is -0.142. The maximum absolute atomic E-state index is 14.9. The van der Waals surface area contributed by atoms with Crippen molar-refractivity contribution in [2.75, 3.05) is 85.7 Å². The molecule has 2 fully saturated rings. The molecule has 0 aromatic carbocycles. The van der Waals surface area contributed by atoms with Crippen molar-refractivity contribution >= 4 is 38.0 Å². The molecule has 4 N–H and O–H groups in total. The zero-order valence-electron chi connectivity index (χ0n) is 28.3. The van der Waals surface area contributed by atoms with E-state index in [2.05, 4.69) is 38.7 Å². The molecule has 5 heterocycles. The number of hydrogen-bond acceptors (Lipinski definition) is 14. The number of anilines is 2. The average Bonchev–Trinajstić information content (AvgIpc) is 3.48. The highest BCUT2D eigenvalue weighted by atomic mass is 31.2. The zero-order chi connectivity index (χ0) is 35.0. The van der Waals surface area contributed by atoms with Crippen LogP contribution >= 0.6 is 15.2 Å². The minimum Gasteiger partial charge on any atom is -0.383 e. The smallest absolute Gasteiger partial charge is 0.351 e. The molecule has 19 nitrogen and oxygen atoms in total. The minimum atomic E-state index is -3.75. The van der Waals surface area contributed by atoms with E-state index in [1.54, 1.807) is 54.4 Å². The molecule has 2 aliphatic rings. The molecule has 0 saturated carbocycles. The summed E-state index contributed by atoms with van der Waals surface area (Å²) in [6, 6.07) is 1.68. The fraction of sp³-hybridized carbons (Fsp3) is 0.667. The summed E-state index contributed by atoms with van der Waals surface area (Å²) in [6.07, 6.45) is 1.83. The molecule has 0 aliphatic carbocycles. The summed E-state index contributed by atoms with van der Waals surface area (Å²) in [7, 11) is -0.164. The maximum atomic E-state index is 14.9. The van der Waals surface area contributed by atoms with Gasteiger partial charge in [0, 0.05) is 38.5 Å². The molecule has 48 heavy (non-hydrogen) atoms. The Kier molecular flexibility index (Phi) is 11.1. The number of ether oxygens (including phenoxy) is 2. The first-order valence-corrected chi connectivity index (χ1v) is 19.0. The molecule has 266 valence electrons. The molecule has 0 bridgehead atoms. The summed E-state index contributed by atoms with van der Waals surface area (Å²) in [4.78, 5) is 31.4. The topological polar surface area (TPSA) is 215 Å². The van der Waals surface area contributed by atoms with Crippen LogP contribution in [-0.4, -0.2) is 140 Å². The van der Waals surface area contributed by atoms with E-state index in [-0.39, 0.29) is 44.0 Å². The Labute approximate surface area is 279 Å². The van der Waals surface area contributed by atoms with Crippen molar-refractivity contribution in [3.05, 3.63) is 35.4 Å². The van der Waals surface area contributed by atoms with Gasteiger partial charge in [0.05, 0.1) is 38.3 Å². The summed E-state index contributed by atoms with van der Waals surface area (Å²) in [6.45, 7) is 6.73. The Bertz CT molecular complexity index is 1740. The Morgan fingerprint density at radius 2 is 1.60 bits per heavy atom. The van der Waals surface area contributed by atoms with Crippen LogP contribution < -0.4 is 17.2 Å². The van der Waals surface area contributed by atoms with E-state index in [4.69, 9.17) is 30.0 Å². The Morgan fingerprint density at radius 1 is 0.938 bits per heavy atom. The minimum absolute atomic E-state index is 0.0436. The van der Waals surface area contributed by atoms with Crippen LogP contribution in [0.4, 0.5) is 11.6 Å². The monoisotopic (exact) mass is 712 g/mol. The summed E-state index contributed by atoms with van der Waals surface area (Å²) in [5.41, 5.74) is 12.1. The van der Waals surface area contributed by atoms with Crippen LogP contribution in [0, 0.1) is 0 Å².